The predicted octanol–water partition coefficient (Wildman–Crippen LogP) is 4.43. The third kappa shape index (κ3) is 3.33. The number of hydrogen-bond donors (Lipinski definition) is 1. The summed E-state index contributed by atoms with van der Waals surface area (Å²) < 4.78 is 7.10. The molecular weight excluding hydrogens is 361 g/mol. The standard InChI is InChI=1S/C17H20INO/c1-11(2)20-15-10-5-4-8-13(15)17(19)14-9-6-7-12(3)16(14)18/h4-11,17H,19H2,1-3H3. The van der Waals surface area contributed by atoms with Gasteiger partial charge in [-0.25, -0.2) is 0 Å². The van der Waals surface area contributed by atoms with E-state index in [1.165, 1.54) is 9.13 Å². The van der Waals surface area contributed by atoms with Gasteiger partial charge in [0, 0.05) is 9.13 Å². The van der Waals surface area contributed by atoms with Crippen LogP contribution in [0.5, 0.6) is 5.75 Å². The molecule has 2 nitrogen and oxygen atoms in total. The smallest absolute Gasteiger partial charge is 0.124 e. The summed E-state index contributed by atoms with van der Waals surface area (Å²) in [5.41, 5.74) is 9.90. The molecule has 0 aliphatic rings. The van der Waals surface area contributed by atoms with E-state index in [0.29, 0.717) is 0 Å². The minimum absolute atomic E-state index is 0.139. The minimum atomic E-state index is -0.170. The maximum absolute atomic E-state index is 6.48. The van der Waals surface area contributed by atoms with Gasteiger partial charge in [-0.1, -0.05) is 36.4 Å². The number of rotatable bonds is 4. The second-order valence-corrected chi connectivity index (χ2v) is 6.24. The highest BCUT2D eigenvalue weighted by Crippen LogP contribution is 2.32. The van der Waals surface area contributed by atoms with Crippen molar-refractivity contribution in [2.75, 3.05) is 0 Å². The van der Waals surface area contributed by atoms with Crippen LogP contribution in [-0.4, -0.2) is 6.10 Å². The first-order valence-corrected chi connectivity index (χ1v) is 7.84. The summed E-state index contributed by atoms with van der Waals surface area (Å²) in [6.45, 7) is 6.16. The van der Waals surface area contributed by atoms with Gasteiger partial charge in [0.1, 0.15) is 5.75 Å². The van der Waals surface area contributed by atoms with Crippen LogP contribution in [0.2, 0.25) is 0 Å². The summed E-state index contributed by atoms with van der Waals surface area (Å²) in [5, 5.41) is 0. The van der Waals surface area contributed by atoms with Gasteiger partial charge in [0.25, 0.3) is 0 Å². The van der Waals surface area contributed by atoms with Crippen molar-refractivity contribution >= 4 is 22.6 Å². The number of ether oxygens (including phenoxy) is 1. The molecular formula is C17H20INO. The van der Waals surface area contributed by atoms with Crippen LogP contribution in [0.1, 0.15) is 36.6 Å². The van der Waals surface area contributed by atoms with E-state index in [1.54, 1.807) is 0 Å². The fourth-order valence-electron chi connectivity index (χ4n) is 2.18. The summed E-state index contributed by atoms with van der Waals surface area (Å²) in [4.78, 5) is 0. The van der Waals surface area contributed by atoms with E-state index in [4.69, 9.17) is 10.5 Å². The summed E-state index contributed by atoms with van der Waals surface area (Å²) in [6.07, 6.45) is 0.139. The first kappa shape index (κ1) is 15.3. The second kappa shape index (κ2) is 6.59. The van der Waals surface area contributed by atoms with Gasteiger partial charge >= 0.3 is 0 Å². The lowest BCUT2D eigenvalue weighted by Gasteiger charge is -2.20. The van der Waals surface area contributed by atoms with Crippen molar-refractivity contribution in [3.63, 3.8) is 0 Å². The summed E-state index contributed by atoms with van der Waals surface area (Å²) in [7, 11) is 0. The molecule has 3 heteroatoms. The quantitative estimate of drug-likeness (QED) is 0.795. The van der Waals surface area contributed by atoms with Crippen LogP contribution in [0.3, 0.4) is 0 Å². The first-order valence-electron chi connectivity index (χ1n) is 6.77. The van der Waals surface area contributed by atoms with E-state index in [9.17, 15) is 0 Å². The third-order valence-corrected chi connectivity index (χ3v) is 4.65. The van der Waals surface area contributed by atoms with Crippen LogP contribution in [0.25, 0.3) is 0 Å². The van der Waals surface area contributed by atoms with Crippen molar-refractivity contribution in [1.82, 2.24) is 0 Å². The number of hydrogen-bond acceptors (Lipinski definition) is 2. The van der Waals surface area contributed by atoms with Crippen molar-refractivity contribution in [2.24, 2.45) is 5.73 Å². The number of halogens is 1. The second-order valence-electron chi connectivity index (χ2n) is 5.16. The Balaban J connectivity index is 2.43. The van der Waals surface area contributed by atoms with E-state index < -0.39 is 0 Å². The van der Waals surface area contributed by atoms with Crippen molar-refractivity contribution in [1.29, 1.82) is 0 Å². The van der Waals surface area contributed by atoms with Crippen molar-refractivity contribution in [3.8, 4) is 5.75 Å². The number of nitrogens with two attached hydrogens (primary N) is 1. The van der Waals surface area contributed by atoms with Crippen LogP contribution in [0.15, 0.2) is 42.5 Å². The molecule has 106 valence electrons. The molecule has 20 heavy (non-hydrogen) atoms. The molecule has 0 aromatic heterocycles. The lowest BCUT2D eigenvalue weighted by Crippen LogP contribution is -2.16. The number of para-hydroxylation sites is 1. The Kier molecular flexibility index (Phi) is 5.05. The highest BCUT2D eigenvalue weighted by Gasteiger charge is 2.17. The van der Waals surface area contributed by atoms with Gasteiger partial charge in [0.2, 0.25) is 0 Å². The van der Waals surface area contributed by atoms with Crippen molar-refractivity contribution in [2.45, 2.75) is 32.9 Å². The van der Waals surface area contributed by atoms with Crippen LogP contribution in [-0.2, 0) is 0 Å². The molecule has 0 aliphatic heterocycles. The van der Waals surface area contributed by atoms with E-state index in [-0.39, 0.29) is 12.1 Å². The first-order chi connectivity index (χ1) is 9.50. The number of aryl methyl sites for hydroxylation is 1. The molecule has 1 unspecified atom stereocenters. The molecule has 0 amide bonds. The van der Waals surface area contributed by atoms with E-state index in [2.05, 4.69) is 47.7 Å². The SMILES string of the molecule is Cc1cccc(C(N)c2ccccc2OC(C)C)c1I. The van der Waals surface area contributed by atoms with Crippen LogP contribution in [0.4, 0.5) is 0 Å². The van der Waals surface area contributed by atoms with Gasteiger partial charge in [-0.05, 0) is 60.6 Å². The normalized spacial score (nSPS) is 12.5. The maximum Gasteiger partial charge on any atom is 0.124 e. The molecule has 1 atom stereocenters. The largest absolute Gasteiger partial charge is 0.491 e. The summed E-state index contributed by atoms with van der Waals surface area (Å²) >= 11 is 2.36. The Labute approximate surface area is 134 Å². The lowest BCUT2D eigenvalue weighted by atomic mass is 9.97. The topological polar surface area (TPSA) is 35.2 Å². The van der Waals surface area contributed by atoms with Gasteiger partial charge in [0.05, 0.1) is 12.1 Å². The van der Waals surface area contributed by atoms with Gasteiger partial charge in [-0.3, -0.25) is 0 Å². The number of benzene rings is 2. The predicted molar refractivity (Wildman–Crippen MR) is 92.1 cm³/mol. The zero-order valence-electron chi connectivity index (χ0n) is 12.1. The Morgan fingerprint density at radius 1 is 1.00 bits per heavy atom. The van der Waals surface area contributed by atoms with Gasteiger partial charge < -0.3 is 10.5 Å². The van der Waals surface area contributed by atoms with E-state index in [0.717, 1.165) is 16.9 Å². The Hall–Kier alpha value is -1.07. The Bertz CT molecular complexity index is 595. The lowest BCUT2D eigenvalue weighted by molar-refractivity contribution is 0.239. The molecule has 0 aliphatic carbocycles. The zero-order chi connectivity index (χ0) is 14.7. The highest BCUT2D eigenvalue weighted by atomic mass is 127. The minimum Gasteiger partial charge on any atom is -0.491 e. The van der Waals surface area contributed by atoms with Gasteiger partial charge in [-0.2, -0.15) is 0 Å². The molecule has 0 heterocycles. The van der Waals surface area contributed by atoms with Crippen molar-refractivity contribution < 1.29 is 4.74 Å². The molecule has 0 fully saturated rings. The Morgan fingerprint density at radius 2 is 1.65 bits per heavy atom. The fourth-order valence-corrected chi connectivity index (χ4v) is 2.87. The molecule has 2 aromatic carbocycles. The molecule has 0 saturated carbocycles. The molecule has 2 aromatic rings. The fraction of sp³-hybridized carbons (Fsp3) is 0.294. The molecule has 2 N–H and O–H groups in total. The molecule has 0 radical (unpaired) electrons. The molecule has 0 bridgehead atoms. The average Bonchev–Trinajstić information content (AvgIpc) is 2.41. The monoisotopic (exact) mass is 381 g/mol. The average molecular weight is 381 g/mol. The summed E-state index contributed by atoms with van der Waals surface area (Å²) in [5.74, 6) is 0.868. The summed E-state index contributed by atoms with van der Waals surface area (Å²) in [6, 6.07) is 14.1. The van der Waals surface area contributed by atoms with Crippen LogP contribution >= 0.6 is 22.6 Å². The van der Waals surface area contributed by atoms with Crippen LogP contribution < -0.4 is 10.5 Å². The zero-order valence-corrected chi connectivity index (χ0v) is 14.2. The van der Waals surface area contributed by atoms with Gasteiger partial charge in [-0.15, -0.1) is 0 Å². The third-order valence-electron chi connectivity index (χ3n) is 3.17. The van der Waals surface area contributed by atoms with E-state index >= 15 is 0 Å². The van der Waals surface area contributed by atoms with E-state index in [1.807, 2.05) is 38.1 Å². The Morgan fingerprint density at radius 3 is 2.35 bits per heavy atom. The molecule has 2 rings (SSSR count). The maximum atomic E-state index is 6.48. The van der Waals surface area contributed by atoms with Gasteiger partial charge in [0.15, 0.2) is 0 Å². The molecule has 0 spiro atoms. The highest BCUT2D eigenvalue weighted by molar-refractivity contribution is 14.1. The molecule has 0 saturated heterocycles. The van der Waals surface area contributed by atoms with Crippen LogP contribution in [0, 0.1) is 10.5 Å². The van der Waals surface area contributed by atoms with Crippen molar-refractivity contribution in [3.05, 3.63) is 62.7 Å².